The Bertz CT molecular complexity index is 1790. The van der Waals surface area contributed by atoms with E-state index in [1.807, 2.05) is 0 Å². The average Bonchev–Trinajstić information content (AvgIpc) is 3.44. The van der Waals surface area contributed by atoms with Crippen molar-refractivity contribution in [1.82, 2.24) is 29.3 Å². The molecule has 10 nitrogen and oxygen atoms in total. The van der Waals surface area contributed by atoms with Gasteiger partial charge in [-0.15, -0.1) is 9.38 Å². The van der Waals surface area contributed by atoms with Gasteiger partial charge in [0.05, 0.1) is 24.7 Å². The van der Waals surface area contributed by atoms with Gasteiger partial charge < -0.3 is 15.4 Å². The second kappa shape index (κ2) is 8.15. The van der Waals surface area contributed by atoms with Crippen LogP contribution in [0.4, 0.5) is 5.95 Å². The minimum atomic E-state index is -0.579. The van der Waals surface area contributed by atoms with Crippen molar-refractivity contribution in [2.24, 2.45) is 7.05 Å². The van der Waals surface area contributed by atoms with Crippen LogP contribution in [-0.2, 0) is 20.2 Å². The number of aliphatic hydroxyl groups excluding tert-OH is 1. The highest BCUT2D eigenvalue weighted by atomic mass is 35.5. The van der Waals surface area contributed by atoms with Gasteiger partial charge in [-0.05, 0) is 17.7 Å². The molecule has 0 aliphatic heterocycles. The molecule has 4 aromatic heterocycles. The summed E-state index contributed by atoms with van der Waals surface area (Å²) < 4.78 is 45.3. The molecule has 0 aliphatic rings. The summed E-state index contributed by atoms with van der Waals surface area (Å²) in [5.41, 5.74) is 6.11. The Balaban J connectivity index is 1.93. The van der Waals surface area contributed by atoms with Gasteiger partial charge in [-0.25, -0.2) is 19.9 Å². The minimum Gasteiger partial charge on any atom is -0.390 e. The fourth-order valence-electron chi connectivity index (χ4n) is 3.55. The second-order valence-electron chi connectivity index (χ2n) is 7.14. The number of nitrogen functional groups attached to an aromatic ring is 1. The van der Waals surface area contributed by atoms with Gasteiger partial charge in [-0.3, -0.25) is 0 Å². The predicted octanol–water partition coefficient (Wildman–Crippen LogP) is 1.55. The van der Waals surface area contributed by atoms with Crippen LogP contribution < -0.4 is 15.8 Å². The van der Waals surface area contributed by atoms with E-state index in [-0.39, 0.29) is 45.8 Å². The molecule has 33 heavy (non-hydrogen) atoms. The first kappa shape index (κ1) is 15.7. The molecule has 11 heteroatoms. The summed E-state index contributed by atoms with van der Waals surface area (Å²) in [6.45, 7) is -0.404. The average molecular weight is 469 g/mol. The Kier molecular flexibility index (Phi) is 3.89. The SMILES string of the molecule is [2H]c1c([2H])c([2H])c(-c2nc(N)[n+]3c(=O)n(Cc4nccn4C)[nH]c3c2-c2cc(Cl)nc(CO)c2)c([2H])c1[2H]. The van der Waals surface area contributed by atoms with Gasteiger partial charge >= 0.3 is 11.6 Å². The zero-order valence-electron chi connectivity index (χ0n) is 22.2. The van der Waals surface area contributed by atoms with Crippen molar-refractivity contribution < 1.29 is 16.4 Å². The number of hydrogen-bond donors (Lipinski definition) is 3. The van der Waals surface area contributed by atoms with Crippen LogP contribution in [0.5, 0.6) is 0 Å². The molecule has 0 fully saturated rings. The molecule has 4 heterocycles. The molecule has 5 aromatic rings. The first-order valence-corrected chi connectivity index (χ1v) is 10.1. The Morgan fingerprint density at radius 1 is 1.24 bits per heavy atom. The number of pyridine rings is 1. The number of aryl methyl sites for hydroxylation is 1. The monoisotopic (exact) mass is 468 g/mol. The third-order valence-corrected chi connectivity index (χ3v) is 5.26. The smallest absolute Gasteiger partial charge is 0.390 e. The van der Waals surface area contributed by atoms with Gasteiger partial charge in [0.1, 0.15) is 23.2 Å². The van der Waals surface area contributed by atoms with Crippen molar-refractivity contribution in [2.45, 2.75) is 13.2 Å². The summed E-state index contributed by atoms with van der Waals surface area (Å²) in [5, 5.41) is 12.7. The molecule has 0 unspecified atom stereocenters. The van der Waals surface area contributed by atoms with Gasteiger partial charge in [0.15, 0.2) is 0 Å². The van der Waals surface area contributed by atoms with E-state index in [1.54, 1.807) is 24.0 Å². The fourth-order valence-corrected chi connectivity index (χ4v) is 3.78. The molecule has 1 aromatic carbocycles. The van der Waals surface area contributed by atoms with Gasteiger partial charge in [0.2, 0.25) is 5.65 Å². The summed E-state index contributed by atoms with van der Waals surface area (Å²) in [4.78, 5) is 26.0. The van der Waals surface area contributed by atoms with Crippen LogP contribution in [0, 0.1) is 0 Å². The highest BCUT2D eigenvalue weighted by molar-refractivity contribution is 6.29. The molecule has 5 rings (SSSR count). The Morgan fingerprint density at radius 3 is 2.73 bits per heavy atom. The lowest BCUT2D eigenvalue weighted by atomic mass is 10.00. The standard InChI is InChI=1S/C22H19ClN8O2/c1-29-8-7-25-17(29)11-30-22(33)31-20(28-30)18(14-9-15(12-32)26-16(23)10-14)19(27-21(31)24)13-5-3-2-4-6-13/h2-10,32H,11-12H2,1H3,(H2,24,26,27,28)/p+1/i2D,3D,4D,5D,6D. The number of benzene rings is 1. The number of aliphatic hydroxyl groups is 1. The number of fused-ring (bicyclic) bond motifs is 1. The normalized spacial score (nSPS) is 13.5. The van der Waals surface area contributed by atoms with Gasteiger partial charge in [0, 0.05) is 25.0 Å². The summed E-state index contributed by atoms with van der Waals surface area (Å²) in [5.74, 6) is 0.278. The molecule has 0 saturated carbocycles. The Hall–Kier alpha value is -4.02. The number of aromatic nitrogens is 7. The van der Waals surface area contributed by atoms with E-state index in [1.165, 1.54) is 16.8 Å². The Morgan fingerprint density at radius 2 is 2.03 bits per heavy atom. The lowest BCUT2D eigenvalue weighted by molar-refractivity contribution is -0.516. The van der Waals surface area contributed by atoms with Crippen molar-refractivity contribution in [2.75, 3.05) is 5.73 Å². The van der Waals surface area contributed by atoms with Crippen molar-refractivity contribution in [3.63, 3.8) is 0 Å². The number of halogens is 1. The number of aromatic amines is 1. The molecule has 0 radical (unpaired) electrons. The summed E-state index contributed by atoms with van der Waals surface area (Å²) >= 11 is 6.22. The van der Waals surface area contributed by atoms with Crippen LogP contribution in [-0.4, -0.2) is 34.4 Å². The van der Waals surface area contributed by atoms with E-state index in [4.69, 9.17) is 24.2 Å². The van der Waals surface area contributed by atoms with E-state index in [0.717, 1.165) is 4.40 Å². The van der Waals surface area contributed by atoms with Crippen molar-refractivity contribution in [1.29, 1.82) is 0 Å². The third kappa shape index (κ3) is 3.65. The molecule has 4 N–H and O–H groups in total. The van der Waals surface area contributed by atoms with E-state index < -0.39 is 42.5 Å². The van der Waals surface area contributed by atoms with Crippen LogP contribution in [0.15, 0.2) is 59.5 Å². The van der Waals surface area contributed by atoms with Crippen LogP contribution in [0.1, 0.15) is 18.4 Å². The van der Waals surface area contributed by atoms with Crippen LogP contribution in [0.3, 0.4) is 0 Å². The molecule has 0 spiro atoms. The highest BCUT2D eigenvalue weighted by Gasteiger charge is 2.26. The van der Waals surface area contributed by atoms with Crippen LogP contribution in [0.25, 0.3) is 28.0 Å². The summed E-state index contributed by atoms with van der Waals surface area (Å²) in [7, 11) is 1.77. The second-order valence-corrected chi connectivity index (χ2v) is 7.53. The van der Waals surface area contributed by atoms with Crippen LogP contribution >= 0.6 is 11.6 Å². The Labute approximate surface area is 199 Å². The first-order chi connectivity index (χ1) is 18.0. The number of imidazole rings is 1. The predicted molar refractivity (Wildman–Crippen MR) is 122 cm³/mol. The molecule has 0 aliphatic carbocycles. The zero-order valence-corrected chi connectivity index (χ0v) is 18.0. The van der Waals surface area contributed by atoms with Gasteiger partial charge in [0.25, 0.3) is 0 Å². The molecule has 0 bridgehead atoms. The van der Waals surface area contributed by atoms with E-state index in [2.05, 4.69) is 20.1 Å². The summed E-state index contributed by atoms with van der Waals surface area (Å²) in [6, 6.07) is 0.219. The highest BCUT2D eigenvalue weighted by Crippen LogP contribution is 2.34. The lowest BCUT2D eigenvalue weighted by Crippen LogP contribution is -2.44. The fraction of sp³-hybridized carbons (Fsp3) is 0.136. The molecule has 0 atom stereocenters. The summed E-state index contributed by atoms with van der Waals surface area (Å²) in [6.07, 6.45) is 3.31. The molecule has 0 amide bonds. The van der Waals surface area contributed by atoms with Crippen molar-refractivity contribution in [3.8, 4) is 22.4 Å². The maximum atomic E-state index is 13.4. The topological polar surface area (TPSA) is 132 Å². The number of rotatable bonds is 5. The van der Waals surface area contributed by atoms with E-state index in [0.29, 0.717) is 11.4 Å². The molecule has 0 saturated heterocycles. The number of hydrogen-bond acceptors (Lipinski definition) is 6. The largest absolute Gasteiger partial charge is 0.428 e. The maximum absolute atomic E-state index is 13.4. The number of nitrogens with zero attached hydrogens (tertiary/aromatic N) is 6. The number of nitrogens with one attached hydrogen (secondary N) is 1. The van der Waals surface area contributed by atoms with Crippen LogP contribution in [0.2, 0.25) is 5.15 Å². The minimum absolute atomic E-state index is 0.0170. The van der Waals surface area contributed by atoms with Gasteiger partial charge in [-0.1, -0.05) is 41.8 Å². The van der Waals surface area contributed by atoms with E-state index >= 15 is 0 Å². The quantitative estimate of drug-likeness (QED) is 0.265. The maximum Gasteiger partial charge on any atom is 0.428 e. The van der Waals surface area contributed by atoms with Gasteiger partial charge in [-0.2, -0.15) is 4.68 Å². The molecular formula is C22H20ClN8O2+. The number of nitrogens with two attached hydrogens (primary N) is 1. The first-order valence-electron chi connectivity index (χ1n) is 12.2. The lowest BCUT2D eigenvalue weighted by Gasteiger charge is -2.10. The molecular weight excluding hydrogens is 444 g/mol. The molecule has 166 valence electrons. The van der Waals surface area contributed by atoms with E-state index in [9.17, 15) is 9.90 Å². The number of H-pyrrole nitrogens is 1. The number of anilines is 1. The zero-order chi connectivity index (χ0) is 27.5. The third-order valence-electron chi connectivity index (χ3n) is 5.07. The van der Waals surface area contributed by atoms with Crippen molar-refractivity contribution >= 4 is 23.2 Å². The van der Waals surface area contributed by atoms with Crippen molar-refractivity contribution in [3.05, 3.63) is 81.9 Å².